The van der Waals surface area contributed by atoms with Gasteiger partial charge in [0.15, 0.2) is 11.5 Å². The summed E-state index contributed by atoms with van der Waals surface area (Å²) in [5.41, 5.74) is 2.85. The van der Waals surface area contributed by atoms with Gasteiger partial charge in [-0.15, -0.1) is 8.78 Å². The van der Waals surface area contributed by atoms with E-state index in [-0.39, 0.29) is 23.7 Å². The average Bonchev–Trinajstić information content (AvgIpc) is 3.52. The molecule has 1 fully saturated rings. The van der Waals surface area contributed by atoms with Crippen molar-refractivity contribution in [3.63, 3.8) is 0 Å². The summed E-state index contributed by atoms with van der Waals surface area (Å²) < 4.78 is 40.9. The summed E-state index contributed by atoms with van der Waals surface area (Å²) in [7, 11) is 1.55. The molecule has 1 saturated carbocycles. The quantitative estimate of drug-likeness (QED) is 0.559. The summed E-state index contributed by atoms with van der Waals surface area (Å²) in [5, 5.41) is 0. The zero-order chi connectivity index (χ0) is 22.5. The number of carbonyl (C=O) groups excluding carboxylic acids is 1. The number of pyridine rings is 2. The van der Waals surface area contributed by atoms with Gasteiger partial charge in [-0.3, -0.25) is 9.78 Å². The standard InChI is InChI=1S/C24H20F2N2O4/c1-14-6-8-16(27-22(14)17-4-3-5-21(28-17)30-2)13-20(29)23(10-11-23)15-7-9-18-19(12-15)32-24(25,26)31-18/h3-9,12H,10-11,13H2,1-2H3. The maximum atomic E-state index is 13.4. The van der Waals surface area contributed by atoms with Crippen LogP contribution in [0.5, 0.6) is 17.4 Å². The molecule has 0 amide bonds. The first-order valence-electron chi connectivity index (χ1n) is 10.2. The third kappa shape index (κ3) is 3.55. The molecular weight excluding hydrogens is 418 g/mol. The minimum Gasteiger partial charge on any atom is -0.481 e. The number of hydrogen-bond donors (Lipinski definition) is 0. The van der Waals surface area contributed by atoms with Gasteiger partial charge in [-0.25, -0.2) is 4.98 Å². The average molecular weight is 438 g/mol. The number of hydrogen-bond acceptors (Lipinski definition) is 6. The molecule has 0 spiro atoms. The summed E-state index contributed by atoms with van der Waals surface area (Å²) in [6.45, 7) is 1.93. The monoisotopic (exact) mass is 438 g/mol. The van der Waals surface area contributed by atoms with Gasteiger partial charge in [-0.1, -0.05) is 18.2 Å². The Balaban J connectivity index is 1.40. The largest absolute Gasteiger partial charge is 0.586 e. The van der Waals surface area contributed by atoms with E-state index in [9.17, 15) is 13.6 Å². The molecule has 0 saturated heterocycles. The zero-order valence-electron chi connectivity index (χ0n) is 17.5. The Labute approximate surface area is 183 Å². The SMILES string of the molecule is COc1cccc(-c2nc(CC(=O)C3(c4ccc5c(c4)OC(F)(F)O5)CC3)ccc2C)n1. The number of carbonyl (C=O) groups is 1. The highest BCUT2D eigenvalue weighted by Crippen LogP contribution is 2.52. The number of Topliss-reactive ketones (excluding diaryl/α,β-unsaturated/α-hetero) is 1. The molecule has 1 aliphatic heterocycles. The highest BCUT2D eigenvalue weighted by Gasteiger charge is 2.52. The van der Waals surface area contributed by atoms with Crippen LogP contribution in [0.25, 0.3) is 11.4 Å². The predicted octanol–water partition coefficient (Wildman–Crippen LogP) is 4.63. The molecule has 0 radical (unpaired) electrons. The van der Waals surface area contributed by atoms with Gasteiger partial charge in [-0.2, -0.15) is 0 Å². The number of rotatable bonds is 6. The van der Waals surface area contributed by atoms with Crippen molar-refractivity contribution in [2.24, 2.45) is 0 Å². The molecule has 0 N–H and O–H groups in total. The van der Waals surface area contributed by atoms with Crippen molar-refractivity contribution >= 4 is 5.78 Å². The number of ketones is 1. The van der Waals surface area contributed by atoms with E-state index in [4.69, 9.17) is 4.74 Å². The highest BCUT2D eigenvalue weighted by atomic mass is 19.3. The summed E-state index contributed by atoms with van der Waals surface area (Å²) in [6, 6.07) is 13.7. The van der Waals surface area contributed by atoms with Crippen LogP contribution in [0, 0.1) is 6.92 Å². The molecular formula is C24H20F2N2O4. The Kier molecular flexibility index (Phi) is 4.62. The number of fused-ring (bicyclic) bond motifs is 1. The minimum atomic E-state index is -3.68. The first-order chi connectivity index (χ1) is 15.3. The van der Waals surface area contributed by atoms with Crippen molar-refractivity contribution in [3.8, 4) is 28.8 Å². The van der Waals surface area contributed by atoms with E-state index in [1.54, 1.807) is 19.2 Å². The molecule has 32 heavy (non-hydrogen) atoms. The van der Waals surface area contributed by atoms with Gasteiger partial charge in [0.25, 0.3) is 0 Å². The van der Waals surface area contributed by atoms with Gasteiger partial charge in [0.1, 0.15) is 5.78 Å². The molecule has 164 valence electrons. The van der Waals surface area contributed by atoms with E-state index in [2.05, 4.69) is 19.4 Å². The third-order valence-corrected chi connectivity index (χ3v) is 5.91. The summed E-state index contributed by atoms with van der Waals surface area (Å²) in [4.78, 5) is 22.4. The number of alkyl halides is 2. The second kappa shape index (κ2) is 7.25. The van der Waals surface area contributed by atoms with Crippen LogP contribution in [-0.4, -0.2) is 29.2 Å². The van der Waals surface area contributed by atoms with E-state index in [1.807, 2.05) is 31.2 Å². The highest BCUT2D eigenvalue weighted by molar-refractivity contribution is 5.94. The fourth-order valence-electron chi connectivity index (χ4n) is 4.02. The van der Waals surface area contributed by atoms with Gasteiger partial charge in [0.05, 0.1) is 23.9 Å². The Hall–Kier alpha value is -3.55. The number of ether oxygens (including phenoxy) is 3. The van der Waals surface area contributed by atoms with Crippen LogP contribution in [0.2, 0.25) is 0 Å². The molecule has 1 aromatic carbocycles. The van der Waals surface area contributed by atoms with Crippen LogP contribution in [0.15, 0.2) is 48.5 Å². The van der Waals surface area contributed by atoms with Crippen LogP contribution in [0.3, 0.4) is 0 Å². The topological polar surface area (TPSA) is 70.5 Å². The lowest BCUT2D eigenvalue weighted by molar-refractivity contribution is -0.286. The van der Waals surface area contributed by atoms with E-state index < -0.39 is 11.7 Å². The van der Waals surface area contributed by atoms with Crippen LogP contribution < -0.4 is 14.2 Å². The van der Waals surface area contributed by atoms with Crippen molar-refractivity contribution in [3.05, 3.63) is 65.4 Å². The fourth-order valence-corrected chi connectivity index (χ4v) is 4.02. The van der Waals surface area contributed by atoms with Gasteiger partial charge < -0.3 is 14.2 Å². The first kappa shape index (κ1) is 20.4. The van der Waals surface area contributed by atoms with Crippen molar-refractivity contribution in [1.82, 2.24) is 9.97 Å². The number of benzene rings is 1. The van der Waals surface area contributed by atoms with E-state index in [0.29, 0.717) is 41.4 Å². The van der Waals surface area contributed by atoms with Crippen molar-refractivity contribution in [2.45, 2.75) is 37.9 Å². The Morgan fingerprint density at radius 2 is 1.84 bits per heavy atom. The summed E-state index contributed by atoms with van der Waals surface area (Å²) >= 11 is 0. The number of methoxy groups -OCH3 is 1. The maximum Gasteiger partial charge on any atom is 0.586 e. The molecule has 1 aliphatic carbocycles. The van der Waals surface area contributed by atoms with Crippen LogP contribution in [-0.2, 0) is 16.6 Å². The van der Waals surface area contributed by atoms with Crippen LogP contribution in [0.1, 0.15) is 29.7 Å². The Bertz CT molecular complexity index is 1220. The molecule has 8 heteroatoms. The predicted molar refractivity (Wildman–Crippen MR) is 111 cm³/mol. The Morgan fingerprint density at radius 1 is 1.06 bits per heavy atom. The lowest BCUT2D eigenvalue weighted by Gasteiger charge is -2.15. The number of aryl methyl sites for hydroxylation is 1. The first-order valence-corrected chi connectivity index (χ1v) is 10.2. The molecule has 6 nitrogen and oxygen atoms in total. The van der Waals surface area contributed by atoms with Gasteiger partial charge in [0.2, 0.25) is 5.88 Å². The van der Waals surface area contributed by atoms with Crippen molar-refractivity contribution in [1.29, 1.82) is 0 Å². The second-order valence-corrected chi connectivity index (χ2v) is 8.04. The van der Waals surface area contributed by atoms with Crippen LogP contribution >= 0.6 is 0 Å². The van der Waals surface area contributed by atoms with Crippen molar-refractivity contribution < 1.29 is 27.8 Å². The lowest BCUT2D eigenvalue weighted by atomic mass is 9.88. The molecule has 5 rings (SSSR count). The Morgan fingerprint density at radius 3 is 2.59 bits per heavy atom. The summed E-state index contributed by atoms with van der Waals surface area (Å²) in [6.07, 6.45) is -2.25. The lowest BCUT2D eigenvalue weighted by Crippen LogP contribution is -2.26. The van der Waals surface area contributed by atoms with Crippen LogP contribution in [0.4, 0.5) is 8.78 Å². The second-order valence-electron chi connectivity index (χ2n) is 8.04. The number of halogens is 2. The van der Waals surface area contributed by atoms with Gasteiger partial charge in [0, 0.05) is 18.2 Å². The number of nitrogens with zero attached hydrogens (tertiary/aromatic N) is 2. The fraction of sp³-hybridized carbons (Fsp3) is 0.292. The van der Waals surface area contributed by atoms with E-state index in [0.717, 1.165) is 5.56 Å². The van der Waals surface area contributed by atoms with Gasteiger partial charge in [-0.05, 0) is 55.2 Å². The molecule has 3 heterocycles. The van der Waals surface area contributed by atoms with E-state index >= 15 is 0 Å². The molecule has 0 atom stereocenters. The normalized spacial score (nSPS) is 17.1. The van der Waals surface area contributed by atoms with Gasteiger partial charge >= 0.3 is 6.29 Å². The van der Waals surface area contributed by atoms with E-state index in [1.165, 1.54) is 12.1 Å². The molecule has 3 aromatic rings. The molecule has 0 bridgehead atoms. The maximum absolute atomic E-state index is 13.4. The third-order valence-electron chi connectivity index (χ3n) is 5.91. The molecule has 0 unspecified atom stereocenters. The summed E-state index contributed by atoms with van der Waals surface area (Å²) in [5.74, 6) is 0.392. The smallest absolute Gasteiger partial charge is 0.481 e. The van der Waals surface area contributed by atoms with Crippen molar-refractivity contribution in [2.75, 3.05) is 7.11 Å². The zero-order valence-corrected chi connectivity index (χ0v) is 17.5. The molecule has 2 aromatic heterocycles. The molecule has 2 aliphatic rings. The minimum absolute atomic E-state index is 0.0102. The number of aromatic nitrogens is 2.